The van der Waals surface area contributed by atoms with E-state index in [0.29, 0.717) is 11.1 Å². The van der Waals surface area contributed by atoms with Gasteiger partial charge in [0.05, 0.1) is 23.3 Å². The van der Waals surface area contributed by atoms with E-state index in [1.807, 2.05) is 32.0 Å². The zero-order valence-corrected chi connectivity index (χ0v) is 16.5. The highest BCUT2D eigenvalue weighted by atomic mass is 16.5. The largest absolute Gasteiger partial charge is 0.369 e. The van der Waals surface area contributed by atoms with Crippen molar-refractivity contribution < 1.29 is 19.1 Å². The third kappa shape index (κ3) is 3.68. The maximum Gasteiger partial charge on any atom is 0.262 e. The third-order valence-corrected chi connectivity index (χ3v) is 4.97. The maximum atomic E-state index is 12.6. The van der Waals surface area contributed by atoms with Gasteiger partial charge in [0.1, 0.15) is 6.61 Å². The van der Waals surface area contributed by atoms with Crippen LogP contribution in [0.15, 0.2) is 42.5 Å². The first-order chi connectivity index (χ1) is 13.2. The molecule has 6 nitrogen and oxygen atoms in total. The van der Waals surface area contributed by atoms with Gasteiger partial charge in [-0.3, -0.25) is 19.3 Å². The van der Waals surface area contributed by atoms with E-state index in [2.05, 4.69) is 5.32 Å². The number of anilines is 1. The minimum absolute atomic E-state index is 0.0543. The Morgan fingerprint density at radius 1 is 1.00 bits per heavy atom. The Hall–Kier alpha value is -2.99. The van der Waals surface area contributed by atoms with Crippen molar-refractivity contribution in [3.63, 3.8) is 0 Å². The van der Waals surface area contributed by atoms with Gasteiger partial charge in [-0.15, -0.1) is 0 Å². The lowest BCUT2D eigenvalue weighted by Crippen LogP contribution is -2.50. The molecule has 0 aliphatic carbocycles. The second-order valence-electron chi connectivity index (χ2n) is 7.59. The topological polar surface area (TPSA) is 75.7 Å². The van der Waals surface area contributed by atoms with E-state index in [0.717, 1.165) is 16.8 Å². The van der Waals surface area contributed by atoms with E-state index in [1.165, 1.54) is 4.90 Å². The van der Waals surface area contributed by atoms with Crippen LogP contribution in [0.5, 0.6) is 0 Å². The van der Waals surface area contributed by atoms with Crippen LogP contribution in [0.4, 0.5) is 5.69 Å². The molecule has 3 rings (SSSR count). The average Bonchev–Trinajstić information content (AvgIpc) is 2.90. The van der Waals surface area contributed by atoms with Crippen molar-refractivity contribution in [3.8, 4) is 0 Å². The second-order valence-corrected chi connectivity index (χ2v) is 7.59. The van der Waals surface area contributed by atoms with Crippen LogP contribution in [0.3, 0.4) is 0 Å². The number of imide groups is 1. The van der Waals surface area contributed by atoms with Crippen molar-refractivity contribution in [2.24, 2.45) is 0 Å². The first kappa shape index (κ1) is 19.8. The molecule has 0 saturated carbocycles. The van der Waals surface area contributed by atoms with Gasteiger partial charge in [0.2, 0.25) is 5.91 Å². The zero-order valence-electron chi connectivity index (χ0n) is 16.5. The number of benzene rings is 2. The number of hydrogen-bond acceptors (Lipinski definition) is 4. The van der Waals surface area contributed by atoms with E-state index < -0.39 is 5.54 Å². The molecule has 2 aromatic rings. The minimum Gasteiger partial charge on any atom is -0.369 e. The molecular formula is C22H24N2O4. The molecule has 0 bridgehead atoms. The van der Waals surface area contributed by atoms with Crippen molar-refractivity contribution in [2.75, 3.05) is 18.5 Å². The minimum atomic E-state index is -0.882. The van der Waals surface area contributed by atoms with E-state index >= 15 is 0 Å². The summed E-state index contributed by atoms with van der Waals surface area (Å²) in [5, 5.41) is 2.83. The number of amides is 3. The molecule has 1 heterocycles. The van der Waals surface area contributed by atoms with Gasteiger partial charge in [0.15, 0.2) is 0 Å². The molecule has 0 fully saturated rings. The predicted molar refractivity (Wildman–Crippen MR) is 106 cm³/mol. The highest BCUT2D eigenvalue weighted by molar-refractivity contribution is 6.21. The van der Waals surface area contributed by atoms with Gasteiger partial charge >= 0.3 is 0 Å². The Morgan fingerprint density at radius 3 is 2.21 bits per heavy atom. The van der Waals surface area contributed by atoms with Crippen LogP contribution < -0.4 is 5.32 Å². The van der Waals surface area contributed by atoms with Crippen LogP contribution in [0.2, 0.25) is 0 Å². The maximum absolute atomic E-state index is 12.6. The van der Waals surface area contributed by atoms with Crippen molar-refractivity contribution in [1.29, 1.82) is 0 Å². The van der Waals surface area contributed by atoms with Gasteiger partial charge in [-0.05, 0) is 57.0 Å². The lowest BCUT2D eigenvalue weighted by atomic mass is 10.0. The van der Waals surface area contributed by atoms with Crippen LogP contribution in [-0.4, -0.2) is 41.4 Å². The van der Waals surface area contributed by atoms with E-state index in [9.17, 15) is 14.4 Å². The molecular weight excluding hydrogens is 356 g/mol. The van der Waals surface area contributed by atoms with Crippen molar-refractivity contribution in [3.05, 3.63) is 64.7 Å². The van der Waals surface area contributed by atoms with E-state index in [-0.39, 0.29) is 30.9 Å². The SMILES string of the molecule is Cc1cccc(NC(=O)COCC(C)(C)N2C(=O)c3ccccc3C2=O)c1C. The molecule has 2 aromatic carbocycles. The first-order valence-electron chi connectivity index (χ1n) is 9.14. The average molecular weight is 380 g/mol. The standard InChI is InChI=1S/C22H24N2O4/c1-14-8-7-11-18(15(14)2)23-19(25)12-28-13-22(3,4)24-20(26)16-9-5-6-10-17(16)21(24)27/h5-11H,12-13H2,1-4H3,(H,23,25). The second kappa shape index (κ2) is 7.56. The van der Waals surface area contributed by atoms with E-state index in [1.54, 1.807) is 38.1 Å². The Labute approximate surface area is 164 Å². The number of rotatable bonds is 6. The lowest BCUT2D eigenvalue weighted by Gasteiger charge is -2.33. The number of nitrogens with one attached hydrogen (secondary N) is 1. The molecule has 146 valence electrons. The van der Waals surface area contributed by atoms with Gasteiger partial charge in [0, 0.05) is 5.69 Å². The highest BCUT2D eigenvalue weighted by Crippen LogP contribution is 2.29. The molecule has 1 aliphatic heterocycles. The van der Waals surface area contributed by atoms with Crippen molar-refractivity contribution in [2.45, 2.75) is 33.2 Å². The van der Waals surface area contributed by atoms with Gasteiger partial charge < -0.3 is 10.1 Å². The van der Waals surface area contributed by atoms with Gasteiger partial charge in [0.25, 0.3) is 11.8 Å². The lowest BCUT2D eigenvalue weighted by molar-refractivity contribution is -0.121. The third-order valence-electron chi connectivity index (χ3n) is 4.97. The Bertz CT molecular complexity index is 914. The molecule has 0 spiro atoms. The molecule has 1 N–H and O–H groups in total. The fourth-order valence-electron chi connectivity index (χ4n) is 3.27. The molecule has 0 atom stereocenters. The van der Waals surface area contributed by atoms with Crippen LogP contribution in [0.1, 0.15) is 45.7 Å². The summed E-state index contributed by atoms with van der Waals surface area (Å²) in [7, 11) is 0. The van der Waals surface area contributed by atoms with Gasteiger partial charge in [-0.1, -0.05) is 24.3 Å². The molecule has 6 heteroatoms. The van der Waals surface area contributed by atoms with Crippen molar-refractivity contribution in [1.82, 2.24) is 4.90 Å². The first-order valence-corrected chi connectivity index (χ1v) is 9.14. The number of hydrogen-bond donors (Lipinski definition) is 1. The summed E-state index contributed by atoms with van der Waals surface area (Å²) in [5.74, 6) is -0.963. The summed E-state index contributed by atoms with van der Waals surface area (Å²) in [6, 6.07) is 12.4. The predicted octanol–water partition coefficient (Wildman–Crippen LogP) is 3.33. The molecule has 1 aliphatic rings. The van der Waals surface area contributed by atoms with Crippen LogP contribution in [0.25, 0.3) is 0 Å². The molecule has 28 heavy (non-hydrogen) atoms. The quantitative estimate of drug-likeness (QED) is 0.780. The Morgan fingerprint density at radius 2 is 1.61 bits per heavy atom. The summed E-state index contributed by atoms with van der Waals surface area (Å²) in [6.45, 7) is 7.30. The van der Waals surface area contributed by atoms with Crippen molar-refractivity contribution >= 4 is 23.4 Å². The van der Waals surface area contributed by atoms with Crippen LogP contribution >= 0.6 is 0 Å². The Balaban J connectivity index is 1.60. The summed E-state index contributed by atoms with van der Waals surface area (Å²) < 4.78 is 5.55. The Kier molecular flexibility index (Phi) is 5.34. The van der Waals surface area contributed by atoms with Gasteiger partial charge in [-0.2, -0.15) is 0 Å². The van der Waals surface area contributed by atoms with Gasteiger partial charge in [-0.25, -0.2) is 0 Å². The molecule has 0 unspecified atom stereocenters. The number of aryl methyl sites for hydroxylation is 1. The molecule has 0 radical (unpaired) electrons. The fraction of sp³-hybridized carbons (Fsp3) is 0.318. The summed E-state index contributed by atoms with van der Waals surface area (Å²) in [6.07, 6.45) is 0. The highest BCUT2D eigenvalue weighted by Gasteiger charge is 2.44. The molecule has 0 saturated heterocycles. The molecule has 0 aromatic heterocycles. The number of fused-ring (bicyclic) bond motifs is 1. The monoisotopic (exact) mass is 380 g/mol. The fourth-order valence-corrected chi connectivity index (χ4v) is 3.27. The summed E-state index contributed by atoms with van der Waals surface area (Å²) in [4.78, 5) is 38.7. The van der Waals surface area contributed by atoms with Crippen LogP contribution in [0, 0.1) is 13.8 Å². The summed E-state index contributed by atoms with van der Waals surface area (Å²) in [5.41, 5.74) is 2.74. The number of carbonyl (C=O) groups is 3. The normalized spacial score (nSPS) is 13.6. The number of ether oxygens (including phenoxy) is 1. The smallest absolute Gasteiger partial charge is 0.262 e. The van der Waals surface area contributed by atoms with Crippen LogP contribution in [-0.2, 0) is 9.53 Å². The van der Waals surface area contributed by atoms with E-state index in [4.69, 9.17) is 4.74 Å². The molecule has 3 amide bonds. The number of carbonyl (C=O) groups excluding carboxylic acids is 3. The summed E-state index contributed by atoms with van der Waals surface area (Å²) >= 11 is 0. The zero-order chi connectivity index (χ0) is 20.5. The number of nitrogens with zero attached hydrogens (tertiary/aromatic N) is 1.